The minimum atomic E-state index is -4.77. The normalized spacial score (nSPS) is 15.9. The highest BCUT2D eigenvalue weighted by Crippen LogP contribution is 2.42. The van der Waals surface area contributed by atoms with Gasteiger partial charge >= 0.3 is 12.8 Å². The lowest BCUT2D eigenvalue weighted by Gasteiger charge is -2.19. The number of rotatable bonds is 7. The summed E-state index contributed by atoms with van der Waals surface area (Å²) in [4.78, 5) is 3.69. The van der Waals surface area contributed by atoms with Gasteiger partial charge in [-0.25, -0.2) is 8.42 Å². The maximum absolute atomic E-state index is 12.8. The Bertz CT molecular complexity index is 1410. The number of aromatic nitrogens is 2. The number of hydrogen-bond acceptors (Lipinski definition) is 5. The summed E-state index contributed by atoms with van der Waals surface area (Å²) in [5.41, 5.74) is 1.29. The van der Waals surface area contributed by atoms with Crippen LogP contribution in [0.25, 0.3) is 22.3 Å². The van der Waals surface area contributed by atoms with E-state index in [4.69, 9.17) is 0 Å². The minimum Gasteiger partial charge on any atom is -0.435 e. The fourth-order valence-electron chi connectivity index (χ4n) is 4.42. The molecule has 1 aromatic carbocycles. The molecule has 1 N–H and O–H groups in total. The maximum atomic E-state index is 12.8. The predicted octanol–water partition coefficient (Wildman–Crippen LogP) is 5.52. The summed E-state index contributed by atoms with van der Waals surface area (Å²) >= 11 is 0. The van der Waals surface area contributed by atoms with Gasteiger partial charge in [-0.1, -0.05) is 12.8 Å². The van der Waals surface area contributed by atoms with Crippen LogP contribution in [0.1, 0.15) is 44.2 Å². The van der Waals surface area contributed by atoms with Gasteiger partial charge in [-0.15, -0.1) is 0 Å². The minimum absolute atomic E-state index is 0.0640. The molecular weight excluding hydrogens is 507 g/mol. The summed E-state index contributed by atoms with van der Waals surface area (Å²) in [6.07, 6.45) is -0.457. The van der Waals surface area contributed by atoms with Crippen molar-refractivity contribution in [3.05, 3.63) is 42.1 Å². The van der Waals surface area contributed by atoms with E-state index in [2.05, 4.69) is 15.8 Å². The van der Waals surface area contributed by atoms with Crippen molar-refractivity contribution < 1.29 is 35.1 Å². The Hall–Kier alpha value is -3.24. The smallest absolute Gasteiger partial charge is 0.404 e. The summed E-state index contributed by atoms with van der Waals surface area (Å²) in [6, 6.07) is 6.42. The van der Waals surface area contributed by atoms with Crippen LogP contribution in [0.15, 0.2) is 41.4 Å². The number of ether oxygens (including phenoxy) is 1. The van der Waals surface area contributed by atoms with Crippen LogP contribution < -0.4 is 9.46 Å². The zero-order valence-corrected chi connectivity index (χ0v) is 19.7. The Labute approximate surface area is 203 Å². The van der Waals surface area contributed by atoms with Gasteiger partial charge in [0.1, 0.15) is 22.8 Å². The number of nitriles is 1. The molecule has 1 atom stereocenters. The van der Waals surface area contributed by atoms with E-state index in [1.165, 1.54) is 24.3 Å². The van der Waals surface area contributed by atoms with Gasteiger partial charge in [0.25, 0.3) is 0 Å². The zero-order valence-electron chi connectivity index (χ0n) is 18.9. The summed E-state index contributed by atoms with van der Waals surface area (Å²) in [6.45, 7) is -2.35. The summed E-state index contributed by atoms with van der Waals surface area (Å²) in [5.74, 6) is -0.0791. The van der Waals surface area contributed by atoms with Crippen molar-refractivity contribution in [2.24, 2.45) is 0 Å². The first-order valence-corrected chi connectivity index (χ1v) is 12.5. The number of pyridine rings is 1. The summed E-state index contributed by atoms with van der Waals surface area (Å²) in [5, 5.41) is 10.4. The second kappa shape index (κ2) is 9.67. The van der Waals surface area contributed by atoms with E-state index in [-0.39, 0.29) is 23.0 Å². The van der Waals surface area contributed by atoms with E-state index in [1.54, 1.807) is 4.72 Å². The van der Waals surface area contributed by atoms with E-state index in [1.807, 2.05) is 4.57 Å². The lowest BCUT2D eigenvalue weighted by molar-refractivity contribution is -0.147. The molecule has 0 aliphatic heterocycles. The first kappa shape index (κ1) is 25.8. The Balaban J connectivity index is 1.82. The fraction of sp³-hybridized carbons (Fsp3) is 0.391. The molecule has 2 aromatic heterocycles. The molecule has 13 heteroatoms. The van der Waals surface area contributed by atoms with Crippen molar-refractivity contribution in [3.63, 3.8) is 0 Å². The van der Waals surface area contributed by atoms with Gasteiger partial charge in [-0.2, -0.15) is 31.9 Å². The molecule has 0 bridgehead atoms. The van der Waals surface area contributed by atoms with E-state index >= 15 is 0 Å². The summed E-state index contributed by atoms with van der Waals surface area (Å²) < 4.78 is 96.9. The highest BCUT2D eigenvalue weighted by Gasteiger charge is 2.39. The van der Waals surface area contributed by atoms with Gasteiger partial charge in [0.15, 0.2) is 0 Å². The van der Waals surface area contributed by atoms with Gasteiger partial charge in [0, 0.05) is 23.7 Å². The highest BCUT2D eigenvalue weighted by atomic mass is 32.2. The molecule has 0 amide bonds. The van der Waals surface area contributed by atoms with E-state index < -0.39 is 33.7 Å². The van der Waals surface area contributed by atoms with Crippen LogP contribution in [0.3, 0.4) is 0 Å². The first-order chi connectivity index (χ1) is 16.9. The second-order valence-electron chi connectivity index (χ2n) is 8.46. The number of nitrogens with zero attached hydrogens (tertiary/aromatic N) is 3. The number of hydrogen-bond donors (Lipinski definition) is 1. The molecular formula is C23H21F5N4O3S. The molecule has 192 valence electrons. The molecule has 0 saturated heterocycles. The quantitative estimate of drug-likeness (QED) is 0.408. The van der Waals surface area contributed by atoms with E-state index in [0.29, 0.717) is 23.5 Å². The monoisotopic (exact) mass is 528 g/mol. The molecule has 1 aliphatic rings. The van der Waals surface area contributed by atoms with Crippen LogP contribution in [-0.4, -0.2) is 36.8 Å². The number of benzene rings is 1. The Morgan fingerprint density at radius 2 is 1.89 bits per heavy atom. The third-order valence-corrected chi connectivity index (χ3v) is 7.64. The predicted molar refractivity (Wildman–Crippen MR) is 120 cm³/mol. The first-order valence-electron chi connectivity index (χ1n) is 11.0. The van der Waals surface area contributed by atoms with Crippen molar-refractivity contribution in [1.82, 2.24) is 14.3 Å². The molecule has 3 aromatic rings. The molecule has 1 saturated carbocycles. The maximum Gasteiger partial charge on any atom is 0.404 e. The average molecular weight is 529 g/mol. The number of alkyl halides is 5. The molecule has 1 fully saturated rings. The number of fused-ring (bicyclic) bond motifs is 1. The molecule has 0 spiro atoms. The molecule has 1 aliphatic carbocycles. The van der Waals surface area contributed by atoms with Crippen molar-refractivity contribution in [1.29, 1.82) is 5.26 Å². The third-order valence-electron chi connectivity index (χ3n) is 6.11. The molecule has 4 rings (SSSR count). The SMILES string of the molecule is CC(NS(=O)(=O)c1ccc(-c2c(C#N)c3ccc(OC(F)F)cc3n2C2CCCC2)nc1)C(F)(F)F. The van der Waals surface area contributed by atoms with Crippen LogP contribution in [0.4, 0.5) is 22.0 Å². The molecule has 0 radical (unpaired) electrons. The molecule has 1 unspecified atom stereocenters. The molecule has 36 heavy (non-hydrogen) atoms. The van der Waals surface area contributed by atoms with Gasteiger partial charge in [-0.05, 0) is 44.0 Å². The Morgan fingerprint density at radius 1 is 1.19 bits per heavy atom. The fourth-order valence-corrected chi connectivity index (χ4v) is 5.59. The zero-order chi connectivity index (χ0) is 26.3. The van der Waals surface area contributed by atoms with Crippen LogP contribution in [0.5, 0.6) is 5.75 Å². The van der Waals surface area contributed by atoms with E-state index in [0.717, 1.165) is 37.9 Å². The Kier molecular flexibility index (Phi) is 6.94. The van der Waals surface area contributed by atoms with E-state index in [9.17, 15) is 35.6 Å². The van der Waals surface area contributed by atoms with Crippen molar-refractivity contribution in [2.75, 3.05) is 0 Å². The molecule has 2 heterocycles. The number of nitrogens with one attached hydrogen (secondary N) is 1. The topological polar surface area (TPSA) is 97.0 Å². The lowest BCUT2D eigenvalue weighted by atomic mass is 10.1. The Morgan fingerprint density at radius 3 is 2.44 bits per heavy atom. The molecule has 7 nitrogen and oxygen atoms in total. The average Bonchev–Trinajstić information content (AvgIpc) is 3.43. The van der Waals surface area contributed by atoms with Gasteiger partial charge in [-0.3, -0.25) is 4.98 Å². The second-order valence-corrected chi connectivity index (χ2v) is 10.2. The van der Waals surface area contributed by atoms with Crippen LogP contribution in [0.2, 0.25) is 0 Å². The van der Waals surface area contributed by atoms with Crippen LogP contribution in [-0.2, 0) is 10.0 Å². The van der Waals surface area contributed by atoms with Gasteiger partial charge < -0.3 is 9.30 Å². The standard InChI is InChI=1S/C23H21F5N4O3S/c1-13(23(26,27)28)31-36(33,34)16-7-9-19(30-12-16)21-18(11-29)17-8-6-15(35-22(24)25)10-20(17)32(21)14-4-2-3-5-14/h6-10,12-14,22,31H,2-5H2,1H3. The largest absolute Gasteiger partial charge is 0.435 e. The van der Waals surface area contributed by atoms with Crippen molar-refractivity contribution in [3.8, 4) is 23.2 Å². The number of sulfonamides is 1. The highest BCUT2D eigenvalue weighted by molar-refractivity contribution is 7.89. The van der Waals surface area contributed by atoms with Crippen LogP contribution in [0, 0.1) is 11.3 Å². The summed E-state index contributed by atoms with van der Waals surface area (Å²) in [7, 11) is -4.52. The van der Waals surface area contributed by atoms with Gasteiger partial charge in [0.05, 0.1) is 22.5 Å². The van der Waals surface area contributed by atoms with Crippen LogP contribution >= 0.6 is 0 Å². The van der Waals surface area contributed by atoms with Crippen molar-refractivity contribution >= 4 is 20.9 Å². The van der Waals surface area contributed by atoms with Crippen molar-refractivity contribution in [2.45, 2.75) is 62.4 Å². The number of halogens is 5. The lowest BCUT2D eigenvalue weighted by Crippen LogP contribution is -2.42. The third kappa shape index (κ3) is 5.01. The van der Waals surface area contributed by atoms with Gasteiger partial charge in [0.2, 0.25) is 10.0 Å².